The molecule has 0 aromatic heterocycles. The van der Waals surface area contributed by atoms with Crippen LogP contribution in [0, 0.1) is 6.92 Å². The van der Waals surface area contributed by atoms with E-state index < -0.39 is 12.1 Å². The van der Waals surface area contributed by atoms with E-state index in [0.29, 0.717) is 11.3 Å². The summed E-state index contributed by atoms with van der Waals surface area (Å²) in [6, 6.07) is 12.2. The second-order valence-electron chi connectivity index (χ2n) is 5.63. The zero-order chi connectivity index (χ0) is 18.4. The van der Waals surface area contributed by atoms with E-state index in [4.69, 9.17) is 9.47 Å². The van der Waals surface area contributed by atoms with Crippen molar-refractivity contribution < 1.29 is 24.2 Å². The largest absolute Gasteiger partial charge is 0.496 e. The molecular weight excluding hydrogens is 322 g/mol. The number of amides is 1. The number of carboxylic acids is 1. The molecule has 0 radical (unpaired) electrons. The summed E-state index contributed by atoms with van der Waals surface area (Å²) in [5.74, 6) is -0.473. The molecule has 0 saturated heterocycles. The molecule has 1 atom stereocenters. The number of aromatic carboxylic acids is 1. The van der Waals surface area contributed by atoms with Crippen LogP contribution in [-0.4, -0.2) is 30.2 Å². The van der Waals surface area contributed by atoms with Gasteiger partial charge in [-0.3, -0.25) is 4.79 Å². The minimum atomic E-state index is -1.08. The molecule has 0 saturated carbocycles. The van der Waals surface area contributed by atoms with E-state index in [1.54, 1.807) is 19.1 Å². The highest BCUT2D eigenvalue weighted by atomic mass is 16.5. The molecule has 1 amide bonds. The zero-order valence-electron chi connectivity index (χ0n) is 14.4. The molecule has 2 N–H and O–H groups in total. The lowest BCUT2D eigenvalue weighted by atomic mass is 10.1. The molecule has 2 aromatic carbocycles. The van der Waals surface area contributed by atoms with Gasteiger partial charge in [0, 0.05) is 6.54 Å². The van der Waals surface area contributed by atoms with Crippen molar-refractivity contribution in [2.75, 3.05) is 7.11 Å². The van der Waals surface area contributed by atoms with Gasteiger partial charge in [-0.05, 0) is 43.7 Å². The van der Waals surface area contributed by atoms with Crippen LogP contribution in [0.15, 0.2) is 42.5 Å². The molecule has 0 aliphatic rings. The van der Waals surface area contributed by atoms with Gasteiger partial charge < -0.3 is 19.9 Å². The van der Waals surface area contributed by atoms with Gasteiger partial charge in [-0.25, -0.2) is 4.79 Å². The second-order valence-corrected chi connectivity index (χ2v) is 5.63. The molecule has 25 heavy (non-hydrogen) atoms. The third kappa shape index (κ3) is 4.97. The molecule has 0 heterocycles. The third-order valence-electron chi connectivity index (χ3n) is 3.66. The number of methoxy groups -OCH3 is 1. The molecule has 0 fully saturated rings. The van der Waals surface area contributed by atoms with Gasteiger partial charge in [-0.2, -0.15) is 0 Å². The Morgan fingerprint density at radius 1 is 1.16 bits per heavy atom. The molecule has 2 rings (SSSR count). The predicted octanol–water partition coefficient (Wildman–Crippen LogP) is 2.79. The summed E-state index contributed by atoms with van der Waals surface area (Å²) in [6.45, 7) is 3.83. The van der Waals surface area contributed by atoms with Crippen LogP contribution in [0.1, 0.15) is 28.4 Å². The Morgan fingerprint density at radius 3 is 2.44 bits per heavy atom. The fourth-order valence-electron chi connectivity index (χ4n) is 2.24. The first-order valence-corrected chi connectivity index (χ1v) is 7.82. The van der Waals surface area contributed by atoms with Crippen LogP contribution in [0.4, 0.5) is 0 Å². The zero-order valence-corrected chi connectivity index (χ0v) is 14.4. The van der Waals surface area contributed by atoms with Crippen molar-refractivity contribution in [1.29, 1.82) is 0 Å². The molecule has 0 spiro atoms. The minimum Gasteiger partial charge on any atom is -0.496 e. The van der Waals surface area contributed by atoms with Gasteiger partial charge in [0.2, 0.25) is 0 Å². The maximum absolute atomic E-state index is 12.2. The number of nitrogens with one attached hydrogen (secondary N) is 1. The van der Waals surface area contributed by atoms with Crippen molar-refractivity contribution in [3.8, 4) is 11.5 Å². The van der Waals surface area contributed by atoms with Crippen molar-refractivity contribution in [3.05, 3.63) is 59.2 Å². The quantitative estimate of drug-likeness (QED) is 0.807. The monoisotopic (exact) mass is 343 g/mol. The smallest absolute Gasteiger partial charge is 0.339 e. The summed E-state index contributed by atoms with van der Waals surface area (Å²) < 4.78 is 10.6. The Balaban J connectivity index is 1.95. The van der Waals surface area contributed by atoms with E-state index in [2.05, 4.69) is 5.32 Å². The summed E-state index contributed by atoms with van der Waals surface area (Å²) in [7, 11) is 1.41. The summed E-state index contributed by atoms with van der Waals surface area (Å²) in [5, 5.41) is 11.9. The molecule has 0 bridgehead atoms. The Hall–Kier alpha value is -3.02. The van der Waals surface area contributed by atoms with Gasteiger partial charge in [0.05, 0.1) is 7.11 Å². The summed E-state index contributed by atoms with van der Waals surface area (Å²) in [6.07, 6.45) is -0.667. The fraction of sp³-hybridized carbons (Fsp3) is 0.263. The first kappa shape index (κ1) is 18.3. The molecule has 0 unspecified atom stereocenters. The number of carboxylic acid groups (broad SMARTS) is 1. The van der Waals surface area contributed by atoms with E-state index in [0.717, 1.165) is 5.56 Å². The van der Waals surface area contributed by atoms with E-state index >= 15 is 0 Å². The van der Waals surface area contributed by atoms with Crippen LogP contribution in [0.3, 0.4) is 0 Å². The highest BCUT2D eigenvalue weighted by Crippen LogP contribution is 2.20. The highest BCUT2D eigenvalue weighted by Gasteiger charge is 2.16. The Kier molecular flexibility index (Phi) is 6.00. The van der Waals surface area contributed by atoms with Crippen molar-refractivity contribution in [3.63, 3.8) is 0 Å². The Labute approximate surface area is 146 Å². The fourth-order valence-corrected chi connectivity index (χ4v) is 2.24. The number of rotatable bonds is 7. The van der Waals surface area contributed by atoms with Crippen LogP contribution in [0.5, 0.6) is 11.5 Å². The van der Waals surface area contributed by atoms with E-state index in [9.17, 15) is 14.7 Å². The number of ether oxygens (including phenoxy) is 2. The van der Waals surface area contributed by atoms with Gasteiger partial charge in [0.15, 0.2) is 6.10 Å². The van der Waals surface area contributed by atoms with Gasteiger partial charge >= 0.3 is 5.97 Å². The lowest BCUT2D eigenvalue weighted by Gasteiger charge is -2.15. The summed E-state index contributed by atoms with van der Waals surface area (Å²) in [5.41, 5.74) is 1.82. The van der Waals surface area contributed by atoms with Crippen molar-refractivity contribution >= 4 is 11.9 Å². The van der Waals surface area contributed by atoms with Gasteiger partial charge in [-0.1, -0.05) is 23.8 Å². The van der Waals surface area contributed by atoms with Gasteiger partial charge in [-0.15, -0.1) is 0 Å². The number of carbonyl (C=O) groups is 2. The van der Waals surface area contributed by atoms with Gasteiger partial charge in [0.1, 0.15) is 17.1 Å². The number of benzene rings is 2. The molecule has 6 heteroatoms. The van der Waals surface area contributed by atoms with Crippen molar-refractivity contribution in [1.82, 2.24) is 5.32 Å². The van der Waals surface area contributed by atoms with Crippen LogP contribution >= 0.6 is 0 Å². The average molecular weight is 343 g/mol. The summed E-state index contributed by atoms with van der Waals surface area (Å²) in [4.78, 5) is 23.4. The molecule has 0 aliphatic carbocycles. The Morgan fingerprint density at radius 2 is 1.84 bits per heavy atom. The van der Waals surface area contributed by atoms with Gasteiger partial charge in [0.25, 0.3) is 5.91 Å². The van der Waals surface area contributed by atoms with Crippen LogP contribution in [0.2, 0.25) is 0 Å². The standard InChI is InChI=1S/C19H21NO5/c1-12-4-7-15(8-5-12)25-13(2)18(21)20-11-14-6-9-17(24-3)16(10-14)19(22)23/h4-10,13H,11H2,1-3H3,(H,20,21)(H,22,23)/t13-/m0/s1. The minimum absolute atomic E-state index is 0.0539. The van der Waals surface area contributed by atoms with Crippen molar-refractivity contribution in [2.24, 2.45) is 0 Å². The molecule has 132 valence electrons. The van der Waals surface area contributed by atoms with E-state index in [1.165, 1.54) is 13.2 Å². The number of hydrogen-bond donors (Lipinski definition) is 2. The number of hydrogen-bond acceptors (Lipinski definition) is 4. The number of aryl methyl sites for hydroxylation is 1. The number of carbonyl (C=O) groups excluding carboxylic acids is 1. The second kappa shape index (κ2) is 8.19. The molecule has 0 aliphatic heterocycles. The average Bonchev–Trinajstić information content (AvgIpc) is 2.61. The van der Waals surface area contributed by atoms with Crippen LogP contribution < -0.4 is 14.8 Å². The normalized spacial score (nSPS) is 11.5. The first-order chi connectivity index (χ1) is 11.9. The molecule has 2 aromatic rings. The highest BCUT2D eigenvalue weighted by molar-refractivity contribution is 5.91. The Bertz CT molecular complexity index is 755. The predicted molar refractivity (Wildman–Crippen MR) is 93.1 cm³/mol. The van der Waals surface area contributed by atoms with Crippen LogP contribution in [-0.2, 0) is 11.3 Å². The summed E-state index contributed by atoms with van der Waals surface area (Å²) >= 11 is 0. The third-order valence-corrected chi connectivity index (χ3v) is 3.66. The van der Waals surface area contributed by atoms with E-state index in [1.807, 2.05) is 31.2 Å². The lowest BCUT2D eigenvalue weighted by molar-refractivity contribution is -0.127. The maximum atomic E-state index is 12.2. The van der Waals surface area contributed by atoms with Crippen LogP contribution in [0.25, 0.3) is 0 Å². The SMILES string of the molecule is COc1ccc(CNC(=O)[C@H](C)Oc2ccc(C)cc2)cc1C(=O)O. The molecular formula is C19H21NO5. The van der Waals surface area contributed by atoms with Crippen molar-refractivity contribution in [2.45, 2.75) is 26.5 Å². The molecule has 6 nitrogen and oxygen atoms in total. The van der Waals surface area contributed by atoms with E-state index in [-0.39, 0.29) is 23.8 Å². The topological polar surface area (TPSA) is 84.9 Å². The maximum Gasteiger partial charge on any atom is 0.339 e. The first-order valence-electron chi connectivity index (χ1n) is 7.82. The lowest BCUT2D eigenvalue weighted by Crippen LogP contribution is -2.35.